The second kappa shape index (κ2) is 8.51. The van der Waals surface area contributed by atoms with Crippen LogP contribution in [0.15, 0.2) is 41.0 Å². The van der Waals surface area contributed by atoms with Crippen molar-refractivity contribution in [1.82, 2.24) is 10.3 Å². The van der Waals surface area contributed by atoms with Crippen molar-refractivity contribution < 1.29 is 19.4 Å². The lowest BCUT2D eigenvalue weighted by atomic mass is 10.1. The van der Waals surface area contributed by atoms with Crippen LogP contribution in [0, 0.1) is 0 Å². The molecule has 2 amide bonds. The standard InChI is InChI=1S/C16H18BrN3O4/c1-23-11-5-3-10(4-6-11)13(21)9-18-16(22)19-12-7-8-14(24-2)20-15(12)17/h3-8,13,21H,9H2,1-2H3,(H2,18,19,22). The summed E-state index contributed by atoms with van der Waals surface area (Å²) in [5.41, 5.74) is 1.18. The van der Waals surface area contributed by atoms with Crippen LogP contribution in [0.3, 0.4) is 0 Å². The van der Waals surface area contributed by atoms with Crippen molar-refractivity contribution in [2.45, 2.75) is 6.10 Å². The summed E-state index contributed by atoms with van der Waals surface area (Å²) >= 11 is 3.25. The van der Waals surface area contributed by atoms with Crippen molar-refractivity contribution in [2.75, 3.05) is 26.1 Å². The van der Waals surface area contributed by atoms with Crippen LogP contribution >= 0.6 is 15.9 Å². The lowest BCUT2D eigenvalue weighted by Crippen LogP contribution is -2.32. The lowest BCUT2D eigenvalue weighted by Gasteiger charge is -2.14. The van der Waals surface area contributed by atoms with Crippen molar-refractivity contribution in [1.29, 1.82) is 0 Å². The first-order valence-corrected chi connectivity index (χ1v) is 7.90. The number of amides is 2. The second-order valence-corrected chi connectivity index (χ2v) is 5.57. The molecular weight excluding hydrogens is 378 g/mol. The number of nitrogens with one attached hydrogen (secondary N) is 2. The van der Waals surface area contributed by atoms with Gasteiger partial charge >= 0.3 is 6.03 Å². The Morgan fingerprint density at radius 3 is 2.50 bits per heavy atom. The number of nitrogens with zero attached hydrogens (tertiary/aromatic N) is 1. The molecular formula is C16H18BrN3O4. The Bertz CT molecular complexity index is 694. The Morgan fingerprint density at radius 1 is 1.21 bits per heavy atom. The van der Waals surface area contributed by atoms with Gasteiger partial charge < -0.3 is 25.2 Å². The van der Waals surface area contributed by atoms with Crippen LogP contribution in [0.5, 0.6) is 11.6 Å². The van der Waals surface area contributed by atoms with Crippen molar-refractivity contribution in [3.05, 3.63) is 46.6 Å². The first kappa shape index (κ1) is 18.0. The summed E-state index contributed by atoms with van der Waals surface area (Å²) in [6.07, 6.45) is -0.820. The maximum atomic E-state index is 11.9. The highest BCUT2D eigenvalue weighted by atomic mass is 79.9. The molecule has 7 nitrogen and oxygen atoms in total. The summed E-state index contributed by atoms with van der Waals surface area (Å²) in [7, 11) is 3.08. The number of aliphatic hydroxyl groups is 1. The number of hydrogen-bond donors (Lipinski definition) is 3. The number of aromatic nitrogens is 1. The third-order valence-corrected chi connectivity index (χ3v) is 3.84. The van der Waals surface area contributed by atoms with Crippen molar-refractivity contribution >= 4 is 27.6 Å². The van der Waals surface area contributed by atoms with Crippen LogP contribution < -0.4 is 20.1 Å². The van der Waals surface area contributed by atoms with Gasteiger partial charge in [-0.3, -0.25) is 0 Å². The van der Waals surface area contributed by atoms with Crippen LogP contribution in [0.1, 0.15) is 11.7 Å². The van der Waals surface area contributed by atoms with E-state index in [1.165, 1.54) is 7.11 Å². The molecule has 2 rings (SSSR count). The molecule has 0 aliphatic carbocycles. The van der Waals surface area contributed by atoms with E-state index in [1.807, 2.05) is 0 Å². The largest absolute Gasteiger partial charge is 0.497 e. The van der Waals surface area contributed by atoms with E-state index in [-0.39, 0.29) is 6.54 Å². The molecule has 3 N–H and O–H groups in total. The van der Waals surface area contributed by atoms with Gasteiger partial charge in [-0.2, -0.15) is 0 Å². The van der Waals surface area contributed by atoms with E-state index in [2.05, 4.69) is 31.5 Å². The fraction of sp³-hybridized carbons (Fsp3) is 0.250. The van der Waals surface area contributed by atoms with E-state index >= 15 is 0 Å². The van der Waals surface area contributed by atoms with Crippen molar-refractivity contribution in [3.63, 3.8) is 0 Å². The highest BCUT2D eigenvalue weighted by Crippen LogP contribution is 2.23. The second-order valence-electron chi connectivity index (χ2n) is 4.82. The molecule has 24 heavy (non-hydrogen) atoms. The number of pyridine rings is 1. The van der Waals surface area contributed by atoms with E-state index in [0.717, 1.165) is 0 Å². The average molecular weight is 396 g/mol. The highest BCUT2D eigenvalue weighted by molar-refractivity contribution is 9.10. The molecule has 2 aromatic rings. The third kappa shape index (κ3) is 4.84. The summed E-state index contributed by atoms with van der Waals surface area (Å²) in [6, 6.07) is 9.83. The van der Waals surface area contributed by atoms with Crippen LogP contribution in [-0.4, -0.2) is 36.9 Å². The summed E-state index contributed by atoms with van der Waals surface area (Å²) in [4.78, 5) is 16.0. The van der Waals surface area contributed by atoms with E-state index in [1.54, 1.807) is 43.5 Å². The molecule has 1 heterocycles. The van der Waals surface area contributed by atoms with Gasteiger partial charge in [0.1, 0.15) is 10.4 Å². The van der Waals surface area contributed by atoms with Crippen LogP contribution in [0.2, 0.25) is 0 Å². The van der Waals surface area contributed by atoms with Crippen LogP contribution in [-0.2, 0) is 0 Å². The van der Waals surface area contributed by atoms with E-state index in [9.17, 15) is 9.90 Å². The molecule has 1 aromatic carbocycles. The predicted octanol–water partition coefficient (Wildman–Crippen LogP) is 2.72. The third-order valence-electron chi connectivity index (χ3n) is 3.24. The Hall–Kier alpha value is -2.32. The number of methoxy groups -OCH3 is 2. The molecule has 8 heteroatoms. The van der Waals surface area contributed by atoms with Crippen molar-refractivity contribution in [2.24, 2.45) is 0 Å². The summed E-state index contributed by atoms with van der Waals surface area (Å²) < 4.78 is 10.5. The molecule has 128 valence electrons. The monoisotopic (exact) mass is 395 g/mol. The quantitative estimate of drug-likeness (QED) is 0.653. The lowest BCUT2D eigenvalue weighted by molar-refractivity contribution is 0.175. The minimum atomic E-state index is -0.820. The van der Waals surface area contributed by atoms with Gasteiger partial charge in [-0.1, -0.05) is 12.1 Å². The molecule has 0 saturated carbocycles. The number of carbonyl (C=O) groups excluding carboxylic acids is 1. The van der Waals surface area contributed by atoms with Gasteiger partial charge in [0.15, 0.2) is 0 Å². The summed E-state index contributed by atoms with van der Waals surface area (Å²) in [5.74, 6) is 1.14. The van der Waals surface area contributed by atoms with Gasteiger partial charge in [-0.15, -0.1) is 0 Å². The number of ether oxygens (including phenoxy) is 2. The zero-order valence-electron chi connectivity index (χ0n) is 13.2. The Kier molecular flexibility index (Phi) is 6.39. The van der Waals surface area contributed by atoms with Gasteiger partial charge in [0.05, 0.1) is 26.0 Å². The molecule has 0 aliphatic rings. The first-order valence-electron chi connectivity index (χ1n) is 7.11. The van der Waals surface area contributed by atoms with Crippen LogP contribution in [0.4, 0.5) is 10.5 Å². The van der Waals surface area contributed by atoms with Gasteiger partial charge in [0.2, 0.25) is 5.88 Å². The number of urea groups is 1. The van der Waals surface area contributed by atoms with Crippen molar-refractivity contribution in [3.8, 4) is 11.6 Å². The molecule has 1 aromatic heterocycles. The minimum absolute atomic E-state index is 0.0688. The zero-order chi connectivity index (χ0) is 17.5. The molecule has 0 bridgehead atoms. The first-order chi connectivity index (χ1) is 11.5. The zero-order valence-corrected chi connectivity index (χ0v) is 14.8. The number of anilines is 1. The minimum Gasteiger partial charge on any atom is -0.497 e. The Labute approximate surface area is 148 Å². The molecule has 1 unspecified atom stereocenters. The van der Waals surface area contributed by atoms with Gasteiger partial charge in [-0.05, 0) is 39.7 Å². The fourth-order valence-corrected chi connectivity index (χ4v) is 2.33. The Morgan fingerprint density at radius 2 is 1.92 bits per heavy atom. The van der Waals surface area contributed by atoms with E-state index in [4.69, 9.17) is 9.47 Å². The predicted molar refractivity (Wildman–Crippen MR) is 93.5 cm³/mol. The Balaban J connectivity index is 1.88. The fourth-order valence-electron chi connectivity index (χ4n) is 1.92. The van der Waals surface area contributed by atoms with Gasteiger partial charge in [-0.25, -0.2) is 9.78 Å². The van der Waals surface area contributed by atoms with E-state index in [0.29, 0.717) is 27.5 Å². The highest BCUT2D eigenvalue weighted by Gasteiger charge is 2.11. The SMILES string of the molecule is COc1ccc(C(O)CNC(=O)Nc2ccc(OC)nc2Br)cc1. The van der Waals surface area contributed by atoms with Gasteiger partial charge in [0, 0.05) is 12.6 Å². The number of hydrogen-bond acceptors (Lipinski definition) is 5. The topological polar surface area (TPSA) is 92.7 Å². The molecule has 0 fully saturated rings. The van der Waals surface area contributed by atoms with E-state index < -0.39 is 12.1 Å². The molecule has 0 radical (unpaired) electrons. The smallest absolute Gasteiger partial charge is 0.319 e. The van der Waals surface area contributed by atoms with Gasteiger partial charge in [0.25, 0.3) is 0 Å². The molecule has 0 saturated heterocycles. The molecule has 0 aliphatic heterocycles. The summed E-state index contributed by atoms with van der Waals surface area (Å²) in [6.45, 7) is 0.0688. The summed E-state index contributed by atoms with van der Waals surface area (Å²) in [5, 5.41) is 15.3. The van der Waals surface area contributed by atoms with Crippen LogP contribution in [0.25, 0.3) is 0 Å². The number of rotatable bonds is 6. The number of halogens is 1. The number of aliphatic hydroxyl groups excluding tert-OH is 1. The molecule has 1 atom stereocenters. The average Bonchev–Trinajstić information content (AvgIpc) is 2.61. The number of benzene rings is 1. The number of carbonyl (C=O) groups is 1. The normalized spacial score (nSPS) is 11.5. The molecule has 0 spiro atoms. The maximum Gasteiger partial charge on any atom is 0.319 e. The maximum absolute atomic E-state index is 11.9.